The third-order valence-corrected chi connectivity index (χ3v) is 5.80. The fourth-order valence-corrected chi connectivity index (χ4v) is 4.11. The van der Waals surface area contributed by atoms with E-state index in [1.54, 1.807) is 7.11 Å². The van der Waals surface area contributed by atoms with E-state index in [9.17, 15) is 9.59 Å². The van der Waals surface area contributed by atoms with Crippen molar-refractivity contribution in [1.82, 2.24) is 0 Å². The van der Waals surface area contributed by atoms with Gasteiger partial charge in [-0.25, -0.2) is 0 Å². The molecule has 1 heterocycles. The van der Waals surface area contributed by atoms with Crippen molar-refractivity contribution in [3.05, 3.63) is 95.6 Å². The summed E-state index contributed by atoms with van der Waals surface area (Å²) < 4.78 is 5.23. The van der Waals surface area contributed by atoms with Gasteiger partial charge in [0.1, 0.15) is 5.75 Å². The van der Waals surface area contributed by atoms with Gasteiger partial charge in [0, 0.05) is 29.3 Å². The highest BCUT2D eigenvalue weighted by atomic mass is 16.5. The van der Waals surface area contributed by atoms with E-state index in [0.717, 1.165) is 23.4 Å². The van der Waals surface area contributed by atoms with E-state index in [1.165, 1.54) is 0 Å². The van der Waals surface area contributed by atoms with Crippen molar-refractivity contribution in [2.24, 2.45) is 5.92 Å². The minimum absolute atomic E-state index is 0.0198. The Hall–Kier alpha value is -3.40. The van der Waals surface area contributed by atoms with E-state index in [-0.39, 0.29) is 23.7 Å². The highest BCUT2D eigenvalue weighted by molar-refractivity contribution is 6.08. The summed E-state index contributed by atoms with van der Waals surface area (Å²) in [6.07, 6.45) is 1.29. The lowest BCUT2D eigenvalue weighted by molar-refractivity contribution is -0.117. The third kappa shape index (κ3) is 3.99. The van der Waals surface area contributed by atoms with Crippen LogP contribution in [-0.4, -0.2) is 24.8 Å². The molecule has 0 saturated carbocycles. The van der Waals surface area contributed by atoms with E-state index in [1.807, 2.05) is 83.8 Å². The maximum Gasteiger partial charge on any atom is 0.227 e. The molecule has 0 unspecified atom stereocenters. The van der Waals surface area contributed by atoms with Crippen LogP contribution in [0.5, 0.6) is 5.75 Å². The first kappa shape index (κ1) is 19.9. The van der Waals surface area contributed by atoms with Crippen LogP contribution in [0.4, 0.5) is 5.69 Å². The molecule has 0 aliphatic carbocycles. The Morgan fingerprint density at radius 1 is 0.933 bits per heavy atom. The van der Waals surface area contributed by atoms with Gasteiger partial charge in [0.2, 0.25) is 5.91 Å². The van der Waals surface area contributed by atoms with Crippen LogP contribution in [0.3, 0.4) is 0 Å². The van der Waals surface area contributed by atoms with Gasteiger partial charge in [0.05, 0.1) is 7.11 Å². The van der Waals surface area contributed by atoms with Crippen LogP contribution >= 0.6 is 0 Å². The van der Waals surface area contributed by atoms with Crippen molar-refractivity contribution in [2.75, 3.05) is 12.0 Å². The zero-order chi connectivity index (χ0) is 21.1. The van der Waals surface area contributed by atoms with Crippen molar-refractivity contribution in [3.8, 4) is 5.75 Å². The van der Waals surface area contributed by atoms with Gasteiger partial charge in [0.25, 0.3) is 0 Å². The molecule has 1 aliphatic rings. The van der Waals surface area contributed by atoms with Gasteiger partial charge in [-0.3, -0.25) is 9.59 Å². The highest BCUT2D eigenvalue weighted by Gasteiger charge is 2.37. The lowest BCUT2D eigenvalue weighted by Gasteiger charge is -2.27. The van der Waals surface area contributed by atoms with Gasteiger partial charge in [-0.15, -0.1) is 0 Å². The summed E-state index contributed by atoms with van der Waals surface area (Å²) in [7, 11) is 1.63. The Kier molecular flexibility index (Phi) is 5.66. The summed E-state index contributed by atoms with van der Waals surface area (Å²) in [5.41, 5.74) is 3.37. The van der Waals surface area contributed by atoms with Crippen molar-refractivity contribution < 1.29 is 14.3 Å². The molecule has 1 amide bonds. The van der Waals surface area contributed by atoms with Crippen molar-refractivity contribution in [3.63, 3.8) is 0 Å². The first-order valence-corrected chi connectivity index (χ1v) is 10.2. The van der Waals surface area contributed by atoms with Crippen molar-refractivity contribution in [1.29, 1.82) is 0 Å². The summed E-state index contributed by atoms with van der Waals surface area (Å²) in [6.45, 7) is 2.12. The monoisotopic (exact) mass is 399 g/mol. The van der Waals surface area contributed by atoms with E-state index in [0.29, 0.717) is 17.5 Å². The number of rotatable bonds is 6. The van der Waals surface area contributed by atoms with Gasteiger partial charge in [-0.1, -0.05) is 61.5 Å². The summed E-state index contributed by atoms with van der Waals surface area (Å²) in [5, 5.41) is 0. The summed E-state index contributed by atoms with van der Waals surface area (Å²) in [6, 6.07) is 24.8. The largest absolute Gasteiger partial charge is 0.497 e. The lowest BCUT2D eigenvalue weighted by atomic mass is 9.94. The third-order valence-electron chi connectivity index (χ3n) is 5.80. The van der Waals surface area contributed by atoms with Crippen LogP contribution in [0.15, 0.2) is 78.9 Å². The second kappa shape index (κ2) is 8.54. The maximum absolute atomic E-state index is 12.7. The zero-order valence-corrected chi connectivity index (χ0v) is 17.2. The first-order valence-electron chi connectivity index (χ1n) is 10.2. The van der Waals surface area contributed by atoms with Crippen LogP contribution < -0.4 is 9.64 Å². The first-order chi connectivity index (χ1) is 14.6. The number of hydrogen-bond acceptors (Lipinski definition) is 3. The second-order valence-corrected chi connectivity index (χ2v) is 7.81. The molecule has 3 aromatic carbocycles. The van der Waals surface area contributed by atoms with Gasteiger partial charge >= 0.3 is 0 Å². The number of hydrogen-bond donors (Lipinski definition) is 0. The van der Waals surface area contributed by atoms with Gasteiger partial charge in [0.15, 0.2) is 5.78 Å². The minimum Gasteiger partial charge on any atom is -0.497 e. The number of benzene rings is 3. The number of amides is 1. The SMILES string of the molecule is COc1ccc(N2C(=O)C[C@H](C)[C@H]2Cc2ccc(C(=O)c3ccccc3)cc2)cc1. The predicted octanol–water partition coefficient (Wildman–Crippen LogP) is 4.91. The molecule has 0 bridgehead atoms. The highest BCUT2D eigenvalue weighted by Crippen LogP contribution is 2.33. The fraction of sp³-hybridized carbons (Fsp3) is 0.231. The number of methoxy groups -OCH3 is 1. The smallest absolute Gasteiger partial charge is 0.227 e. The molecule has 1 fully saturated rings. The molecule has 30 heavy (non-hydrogen) atoms. The predicted molar refractivity (Wildman–Crippen MR) is 118 cm³/mol. The number of anilines is 1. The van der Waals surface area contributed by atoms with Crippen molar-refractivity contribution in [2.45, 2.75) is 25.8 Å². The minimum atomic E-state index is 0.0198. The molecule has 4 heteroatoms. The molecule has 4 rings (SSSR count). The van der Waals surface area contributed by atoms with E-state index < -0.39 is 0 Å². The number of ketones is 1. The van der Waals surface area contributed by atoms with Gasteiger partial charge in [-0.2, -0.15) is 0 Å². The molecule has 0 spiro atoms. The van der Waals surface area contributed by atoms with Crippen LogP contribution in [0.25, 0.3) is 0 Å². The average Bonchev–Trinajstić information content (AvgIpc) is 3.07. The Bertz CT molecular complexity index is 1030. The molecule has 0 N–H and O–H groups in total. The Labute approximate surface area is 177 Å². The Morgan fingerprint density at radius 3 is 2.20 bits per heavy atom. The van der Waals surface area contributed by atoms with E-state index in [2.05, 4.69) is 6.92 Å². The van der Waals surface area contributed by atoms with Crippen LogP contribution in [0, 0.1) is 5.92 Å². The molecule has 4 nitrogen and oxygen atoms in total. The lowest BCUT2D eigenvalue weighted by Crippen LogP contribution is -2.36. The number of carbonyl (C=O) groups excluding carboxylic acids is 2. The number of ether oxygens (including phenoxy) is 1. The zero-order valence-electron chi connectivity index (χ0n) is 17.2. The molecule has 0 radical (unpaired) electrons. The van der Waals surface area contributed by atoms with E-state index >= 15 is 0 Å². The maximum atomic E-state index is 12.7. The normalized spacial score (nSPS) is 18.5. The fourth-order valence-electron chi connectivity index (χ4n) is 4.11. The molecule has 3 aromatic rings. The molecular weight excluding hydrogens is 374 g/mol. The van der Waals surface area contributed by atoms with Gasteiger partial charge in [-0.05, 0) is 42.2 Å². The molecular formula is C26H25NO3. The Balaban J connectivity index is 1.53. The second-order valence-electron chi connectivity index (χ2n) is 7.81. The Morgan fingerprint density at radius 2 is 1.57 bits per heavy atom. The average molecular weight is 399 g/mol. The number of nitrogens with zero attached hydrogens (tertiary/aromatic N) is 1. The van der Waals surface area contributed by atoms with Crippen LogP contribution in [0.1, 0.15) is 34.8 Å². The van der Waals surface area contributed by atoms with E-state index in [4.69, 9.17) is 4.74 Å². The number of carbonyl (C=O) groups is 2. The molecule has 2 atom stereocenters. The summed E-state index contributed by atoms with van der Waals surface area (Å²) >= 11 is 0. The van der Waals surface area contributed by atoms with Gasteiger partial charge < -0.3 is 9.64 Å². The summed E-state index contributed by atoms with van der Waals surface area (Å²) in [4.78, 5) is 27.2. The molecule has 1 aliphatic heterocycles. The van der Waals surface area contributed by atoms with Crippen LogP contribution in [0.2, 0.25) is 0 Å². The topological polar surface area (TPSA) is 46.6 Å². The molecule has 152 valence electrons. The molecule has 1 saturated heterocycles. The molecule has 0 aromatic heterocycles. The van der Waals surface area contributed by atoms with Crippen molar-refractivity contribution >= 4 is 17.4 Å². The quantitative estimate of drug-likeness (QED) is 0.553. The standard InChI is InChI=1S/C26H25NO3/c1-18-16-25(28)27(22-12-14-23(30-2)15-13-22)24(18)17-19-8-10-21(11-9-19)26(29)20-6-4-3-5-7-20/h3-15,18,24H,16-17H2,1-2H3/t18-,24+/m0/s1. The summed E-state index contributed by atoms with van der Waals surface area (Å²) in [5.74, 6) is 1.19. The van der Waals surface area contributed by atoms with Crippen LogP contribution in [-0.2, 0) is 11.2 Å².